The average Bonchev–Trinajstić information content (AvgIpc) is 3.01. The summed E-state index contributed by atoms with van der Waals surface area (Å²) in [4.78, 5) is 12.6. The molecule has 4 heteroatoms. The van der Waals surface area contributed by atoms with Gasteiger partial charge in [0.25, 0.3) is 0 Å². The van der Waals surface area contributed by atoms with Crippen molar-refractivity contribution in [3.8, 4) is 0 Å². The van der Waals surface area contributed by atoms with Crippen LogP contribution in [-0.4, -0.2) is 12.5 Å². The second kappa shape index (κ2) is 6.30. The minimum absolute atomic E-state index is 0.00672. The molecule has 0 spiro atoms. The predicted octanol–water partition coefficient (Wildman–Crippen LogP) is 2.71. The van der Waals surface area contributed by atoms with E-state index in [0.29, 0.717) is 6.54 Å². The molecule has 1 heterocycles. The van der Waals surface area contributed by atoms with Gasteiger partial charge in [-0.25, -0.2) is 5.43 Å². The van der Waals surface area contributed by atoms with Gasteiger partial charge in [-0.2, -0.15) is 0 Å². The van der Waals surface area contributed by atoms with Gasteiger partial charge in [-0.15, -0.1) is 0 Å². The van der Waals surface area contributed by atoms with Crippen LogP contribution in [0.3, 0.4) is 0 Å². The summed E-state index contributed by atoms with van der Waals surface area (Å²) < 4.78 is 0. The van der Waals surface area contributed by atoms with E-state index in [2.05, 4.69) is 30.0 Å². The van der Waals surface area contributed by atoms with E-state index in [1.807, 2.05) is 48.5 Å². The summed E-state index contributed by atoms with van der Waals surface area (Å²) in [5.74, 6) is -0.0985. The quantitative estimate of drug-likeness (QED) is 0.816. The van der Waals surface area contributed by atoms with Crippen molar-refractivity contribution in [3.63, 3.8) is 0 Å². The molecule has 0 bridgehead atoms. The highest BCUT2D eigenvalue weighted by Gasteiger charge is 2.33. The molecule has 0 aromatic heterocycles. The smallest absolute Gasteiger partial charge is 0.230 e. The Morgan fingerprint density at radius 1 is 1.09 bits per heavy atom. The van der Waals surface area contributed by atoms with Crippen molar-refractivity contribution in [2.75, 3.05) is 11.9 Å². The van der Waals surface area contributed by atoms with Gasteiger partial charge in [0.05, 0.1) is 12.0 Å². The third-order valence-electron chi connectivity index (χ3n) is 4.25. The first kappa shape index (κ1) is 14.8. The molecule has 1 aliphatic rings. The van der Waals surface area contributed by atoms with Gasteiger partial charge in [0, 0.05) is 12.2 Å². The van der Waals surface area contributed by atoms with Crippen LogP contribution < -0.4 is 16.2 Å². The van der Waals surface area contributed by atoms with Crippen molar-refractivity contribution in [1.29, 1.82) is 0 Å². The molecule has 1 amide bonds. The minimum atomic E-state index is -0.135. The molecule has 2 unspecified atom stereocenters. The number of rotatable bonds is 3. The third kappa shape index (κ3) is 3.03. The first-order valence-electron chi connectivity index (χ1n) is 7.56. The predicted molar refractivity (Wildman–Crippen MR) is 88.4 cm³/mol. The Morgan fingerprint density at radius 2 is 1.86 bits per heavy atom. The van der Waals surface area contributed by atoms with Crippen molar-refractivity contribution < 1.29 is 4.79 Å². The van der Waals surface area contributed by atoms with Gasteiger partial charge in [0.1, 0.15) is 0 Å². The standard InChI is InChI=1S/C18H21N3O/c1-12-8-9-15(10-13(12)2)20-18(22)16-11-19-21-17(16)14-6-4-3-5-7-14/h3-10,16-17,19,21H,11H2,1-2H3,(H,20,22). The summed E-state index contributed by atoms with van der Waals surface area (Å²) >= 11 is 0. The molecular weight excluding hydrogens is 274 g/mol. The van der Waals surface area contributed by atoms with Gasteiger partial charge in [0.2, 0.25) is 5.91 Å². The average molecular weight is 295 g/mol. The highest BCUT2D eigenvalue weighted by atomic mass is 16.2. The first-order valence-corrected chi connectivity index (χ1v) is 7.56. The molecule has 0 saturated carbocycles. The molecule has 2 atom stereocenters. The van der Waals surface area contributed by atoms with Gasteiger partial charge in [-0.3, -0.25) is 10.2 Å². The van der Waals surface area contributed by atoms with Gasteiger partial charge in [-0.1, -0.05) is 36.4 Å². The van der Waals surface area contributed by atoms with Gasteiger partial charge < -0.3 is 5.32 Å². The number of nitrogens with one attached hydrogen (secondary N) is 3. The number of aryl methyl sites for hydroxylation is 2. The number of amides is 1. The van der Waals surface area contributed by atoms with Crippen LogP contribution in [0, 0.1) is 19.8 Å². The normalized spacial score (nSPS) is 20.8. The van der Waals surface area contributed by atoms with E-state index in [4.69, 9.17) is 0 Å². The molecule has 22 heavy (non-hydrogen) atoms. The van der Waals surface area contributed by atoms with Crippen molar-refractivity contribution in [1.82, 2.24) is 10.9 Å². The maximum absolute atomic E-state index is 12.6. The first-order chi connectivity index (χ1) is 10.6. The monoisotopic (exact) mass is 295 g/mol. The topological polar surface area (TPSA) is 53.2 Å². The Balaban J connectivity index is 1.75. The zero-order valence-corrected chi connectivity index (χ0v) is 12.9. The summed E-state index contributed by atoms with van der Waals surface area (Å²) in [6.45, 7) is 4.74. The lowest BCUT2D eigenvalue weighted by molar-refractivity contribution is -0.119. The van der Waals surface area contributed by atoms with Crippen LogP contribution in [-0.2, 0) is 4.79 Å². The van der Waals surface area contributed by atoms with Crippen LogP contribution >= 0.6 is 0 Å². The minimum Gasteiger partial charge on any atom is -0.326 e. The second-order valence-electron chi connectivity index (χ2n) is 5.81. The molecule has 1 aliphatic heterocycles. The number of hydrogen-bond acceptors (Lipinski definition) is 3. The third-order valence-corrected chi connectivity index (χ3v) is 4.25. The SMILES string of the molecule is Cc1ccc(NC(=O)C2CNNC2c2ccccc2)cc1C. The van der Waals surface area contributed by atoms with Crippen LogP contribution in [0.25, 0.3) is 0 Å². The maximum Gasteiger partial charge on any atom is 0.230 e. The summed E-state index contributed by atoms with van der Waals surface area (Å²) in [7, 11) is 0. The largest absolute Gasteiger partial charge is 0.326 e. The summed E-state index contributed by atoms with van der Waals surface area (Å²) in [5.41, 5.74) is 10.7. The van der Waals surface area contributed by atoms with Gasteiger partial charge in [-0.05, 0) is 42.7 Å². The Labute approximate surface area is 130 Å². The highest BCUT2D eigenvalue weighted by Crippen LogP contribution is 2.26. The van der Waals surface area contributed by atoms with Gasteiger partial charge >= 0.3 is 0 Å². The van der Waals surface area contributed by atoms with Crippen molar-refractivity contribution in [3.05, 3.63) is 65.2 Å². The fourth-order valence-electron chi connectivity index (χ4n) is 2.77. The lowest BCUT2D eigenvalue weighted by Crippen LogP contribution is -2.29. The molecule has 3 rings (SSSR count). The Hall–Kier alpha value is -2.17. The molecule has 114 valence electrons. The molecule has 3 N–H and O–H groups in total. The van der Waals surface area contributed by atoms with E-state index in [1.54, 1.807) is 0 Å². The van der Waals surface area contributed by atoms with Gasteiger partial charge in [0.15, 0.2) is 0 Å². The Kier molecular flexibility index (Phi) is 4.22. The fraction of sp³-hybridized carbons (Fsp3) is 0.278. The number of carbonyl (C=O) groups excluding carboxylic acids is 1. The number of hydrogen-bond donors (Lipinski definition) is 3. The van der Waals surface area contributed by atoms with Crippen molar-refractivity contribution in [2.24, 2.45) is 5.92 Å². The zero-order valence-electron chi connectivity index (χ0n) is 12.9. The maximum atomic E-state index is 12.6. The molecule has 1 fully saturated rings. The zero-order chi connectivity index (χ0) is 15.5. The summed E-state index contributed by atoms with van der Waals surface area (Å²) in [6, 6.07) is 16.0. The molecule has 4 nitrogen and oxygen atoms in total. The van der Waals surface area contributed by atoms with E-state index < -0.39 is 0 Å². The molecule has 2 aromatic carbocycles. The Bertz CT molecular complexity index is 669. The summed E-state index contributed by atoms with van der Waals surface area (Å²) in [5, 5.41) is 3.03. The van der Waals surface area contributed by atoms with Crippen LogP contribution in [0.4, 0.5) is 5.69 Å². The summed E-state index contributed by atoms with van der Waals surface area (Å²) in [6.07, 6.45) is 0. The number of hydrazine groups is 1. The molecule has 0 radical (unpaired) electrons. The number of benzene rings is 2. The van der Waals surface area contributed by atoms with Crippen molar-refractivity contribution in [2.45, 2.75) is 19.9 Å². The molecule has 0 aliphatic carbocycles. The van der Waals surface area contributed by atoms with Crippen LogP contribution in [0.5, 0.6) is 0 Å². The van der Waals surface area contributed by atoms with Crippen LogP contribution in [0.1, 0.15) is 22.7 Å². The lowest BCUT2D eigenvalue weighted by Gasteiger charge is -2.18. The highest BCUT2D eigenvalue weighted by molar-refractivity contribution is 5.93. The van der Waals surface area contributed by atoms with E-state index >= 15 is 0 Å². The molecular formula is C18H21N3O. The second-order valence-corrected chi connectivity index (χ2v) is 5.81. The fourth-order valence-corrected chi connectivity index (χ4v) is 2.77. The van der Waals surface area contributed by atoms with Crippen LogP contribution in [0.15, 0.2) is 48.5 Å². The van der Waals surface area contributed by atoms with E-state index in [-0.39, 0.29) is 17.9 Å². The van der Waals surface area contributed by atoms with E-state index in [0.717, 1.165) is 11.3 Å². The Morgan fingerprint density at radius 3 is 2.59 bits per heavy atom. The molecule has 1 saturated heterocycles. The van der Waals surface area contributed by atoms with E-state index in [1.165, 1.54) is 11.1 Å². The lowest BCUT2D eigenvalue weighted by atomic mass is 9.94. The number of carbonyl (C=O) groups is 1. The van der Waals surface area contributed by atoms with Crippen molar-refractivity contribution >= 4 is 11.6 Å². The number of anilines is 1. The van der Waals surface area contributed by atoms with E-state index in [9.17, 15) is 4.79 Å². The van der Waals surface area contributed by atoms with Crippen LogP contribution in [0.2, 0.25) is 0 Å². The molecule has 2 aromatic rings.